The average Bonchev–Trinajstić information content (AvgIpc) is 2.71. The van der Waals surface area contributed by atoms with E-state index in [1.165, 1.54) is 0 Å². The molecule has 6 heteroatoms. The second-order valence-electron chi connectivity index (χ2n) is 8.25. The van der Waals surface area contributed by atoms with E-state index in [1.807, 2.05) is 27.7 Å². The summed E-state index contributed by atoms with van der Waals surface area (Å²) in [5.74, 6) is -0.756. The second kappa shape index (κ2) is 4.37. The third kappa shape index (κ3) is 2.11. The summed E-state index contributed by atoms with van der Waals surface area (Å²) in [5.41, 5.74) is -2.20. The average molecular weight is 311 g/mol. The monoisotopic (exact) mass is 311 g/mol. The minimum absolute atomic E-state index is 0.299. The van der Waals surface area contributed by atoms with E-state index in [4.69, 9.17) is 9.47 Å². The van der Waals surface area contributed by atoms with Crippen LogP contribution in [0.3, 0.4) is 0 Å². The lowest BCUT2D eigenvalue weighted by Crippen LogP contribution is -2.58. The number of hydrogen-bond acceptors (Lipinski definition) is 4. The number of hydrogen-bond donors (Lipinski definition) is 1. The molecule has 0 unspecified atom stereocenters. The predicted molar refractivity (Wildman–Crippen MR) is 78.6 cm³/mol. The van der Waals surface area contributed by atoms with E-state index >= 15 is 0 Å². The lowest BCUT2D eigenvalue weighted by molar-refractivity contribution is -0.160. The van der Waals surface area contributed by atoms with Crippen molar-refractivity contribution in [3.63, 3.8) is 0 Å². The van der Waals surface area contributed by atoms with Crippen LogP contribution in [0.4, 0.5) is 4.79 Å². The van der Waals surface area contributed by atoms with Crippen molar-refractivity contribution < 1.29 is 24.2 Å². The van der Waals surface area contributed by atoms with Crippen LogP contribution >= 0.6 is 0 Å². The van der Waals surface area contributed by atoms with Crippen LogP contribution in [0.2, 0.25) is 0 Å². The van der Waals surface area contributed by atoms with Crippen molar-refractivity contribution in [2.24, 2.45) is 5.41 Å². The van der Waals surface area contributed by atoms with E-state index < -0.39 is 22.6 Å². The van der Waals surface area contributed by atoms with Crippen molar-refractivity contribution in [3.05, 3.63) is 0 Å². The Hall–Kier alpha value is -1.30. The van der Waals surface area contributed by atoms with Crippen molar-refractivity contribution in [2.45, 2.75) is 70.2 Å². The number of ether oxygens (including phenoxy) is 2. The third-order valence-corrected chi connectivity index (χ3v) is 5.30. The first-order valence-electron chi connectivity index (χ1n) is 7.93. The van der Waals surface area contributed by atoms with Crippen molar-refractivity contribution in [1.29, 1.82) is 0 Å². The van der Waals surface area contributed by atoms with E-state index in [1.54, 1.807) is 4.90 Å². The molecule has 1 aliphatic carbocycles. The summed E-state index contributed by atoms with van der Waals surface area (Å²) in [6, 6.07) is 0. The minimum Gasteiger partial charge on any atom is -0.481 e. The van der Waals surface area contributed by atoms with Crippen LogP contribution in [0.5, 0.6) is 0 Å². The molecule has 2 bridgehead atoms. The zero-order valence-corrected chi connectivity index (χ0v) is 13.8. The molecule has 0 radical (unpaired) electrons. The summed E-state index contributed by atoms with van der Waals surface area (Å²) in [6.07, 6.45) is 1.97. The Kier molecular flexibility index (Phi) is 3.10. The molecule has 124 valence electrons. The molecular formula is C16H25NO5. The van der Waals surface area contributed by atoms with Crippen molar-refractivity contribution in [3.8, 4) is 0 Å². The number of carbonyl (C=O) groups is 2. The number of piperidine rings is 1. The van der Waals surface area contributed by atoms with Crippen molar-refractivity contribution >= 4 is 12.1 Å². The van der Waals surface area contributed by atoms with Crippen LogP contribution in [0.15, 0.2) is 0 Å². The first-order valence-corrected chi connectivity index (χ1v) is 7.93. The van der Waals surface area contributed by atoms with Gasteiger partial charge in [0, 0.05) is 13.1 Å². The number of carboxylic acids is 1. The quantitative estimate of drug-likeness (QED) is 0.805. The molecule has 4 rings (SSSR count). The molecule has 0 atom stereocenters. The molecule has 4 aliphatic rings. The number of aliphatic carboxylic acids is 1. The Labute approximate surface area is 130 Å². The van der Waals surface area contributed by atoms with E-state index in [-0.39, 0.29) is 11.7 Å². The normalized spacial score (nSPS) is 36.1. The Morgan fingerprint density at radius 2 is 1.73 bits per heavy atom. The third-order valence-electron chi connectivity index (χ3n) is 5.30. The van der Waals surface area contributed by atoms with Gasteiger partial charge in [-0.2, -0.15) is 0 Å². The SMILES string of the molecule is CC(C)(C)OC(=O)N1CCC2(CC1)OC1(C)CC2(C(=O)O)C1. The second-order valence-corrected chi connectivity index (χ2v) is 8.25. The maximum atomic E-state index is 12.1. The summed E-state index contributed by atoms with van der Waals surface area (Å²) < 4.78 is 11.6. The highest BCUT2D eigenvalue weighted by Crippen LogP contribution is 2.69. The van der Waals surface area contributed by atoms with Gasteiger partial charge in [0.1, 0.15) is 11.0 Å². The Balaban J connectivity index is 1.69. The molecule has 1 amide bonds. The Morgan fingerprint density at radius 1 is 1.18 bits per heavy atom. The number of likely N-dealkylation sites (tertiary alicyclic amines) is 1. The fourth-order valence-corrected chi connectivity index (χ4v) is 4.49. The molecule has 1 spiro atoms. The summed E-state index contributed by atoms with van der Waals surface area (Å²) in [4.78, 5) is 25.6. The summed E-state index contributed by atoms with van der Waals surface area (Å²) >= 11 is 0. The van der Waals surface area contributed by atoms with Gasteiger partial charge < -0.3 is 19.5 Å². The first kappa shape index (κ1) is 15.6. The molecule has 3 saturated heterocycles. The van der Waals surface area contributed by atoms with Crippen LogP contribution in [-0.4, -0.2) is 52.0 Å². The van der Waals surface area contributed by atoms with Crippen molar-refractivity contribution in [2.75, 3.05) is 13.1 Å². The van der Waals surface area contributed by atoms with E-state index in [0.29, 0.717) is 38.8 Å². The van der Waals surface area contributed by atoms with Gasteiger partial charge in [0.25, 0.3) is 0 Å². The van der Waals surface area contributed by atoms with Crippen LogP contribution in [0.25, 0.3) is 0 Å². The molecule has 3 heterocycles. The van der Waals surface area contributed by atoms with E-state index in [0.717, 1.165) is 0 Å². The van der Waals surface area contributed by atoms with Gasteiger partial charge in [-0.25, -0.2) is 4.79 Å². The zero-order chi connectivity index (χ0) is 16.4. The Bertz CT molecular complexity index is 507. The fourth-order valence-electron chi connectivity index (χ4n) is 4.49. The zero-order valence-electron chi connectivity index (χ0n) is 13.8. The predicted octanol–water partition coefficient (Wildman–Crippen LogP) is 2.41. The maximum absolute atomic E-state index is 12.1. The molecule has 3 aliphatic heterocycles. The number of rotatable bonds is 1. The highest BCUT2D eigenvalue weighted by molar-refractivity contribution is 5.80. The lowest BCUT2D eigenvalue weighted by Gasteiger charge is -2.46. The molecule has 1 N–H and O–H groups in total. The van der Waals surface area contributed by atoms with Gasteiger partial charge >= 0.3 is 12.1 Å². The molecule has 4 fully saturated rings. The van der Waals surface area contributed by atoms with Gasteiger partial charge in [-0.15, -0.1) is 0 Å². The largest absolute Gasteiger partial charge is 0.481 e. The van der Waals surface area contributed by atoms with Crippen LogP contribution in [-0.2, 0) is 14.3 Å². The van der Waals surface area contributed by atoms with Gasteiger partial charge in [0.2, 0.25) is 0 Å². The number of amides is 1. The maximum Gasteiger partial charge on any atom is 0.410 e. The lowest BCUT2D eigenvalue weighted by atomic mass is 9.54. The first-order chi connectivity index (χ1) is 10.0. The molecule has 22 heavy (non-hydrogen) atoms. The smallest absolute Gasteiger partial charge is 0.410 e. The summed E-state index contributed by atoms with van der Waals surface area (Å²) in [5, 5.41) is 9.69. The number of carbonyl (C=O) groups excluding carboxylic acids is 1. The van der Waals surface area contributed by atoms with Crippen LogP contribution in [0.1, 0.15) is 53.4 Å². The summed E-state index contributed by atoms with van der Waals surface area (Å²) in [7, 11) is 0. The molecule has 6 nitrogen and oxygen atoms in total. The van der Waals surface area contributed by atoms with Gasteiger partial charge in [0.15, 0.2) is 0 Å². The Morgan fingerprint density at radius 3 is 2.18 bits per heavy atom. The highest BCUT2D eigenvalue weighted by Gasteiger charge is 2.76. The van der Waals surface area contributed by atoms with Gasteiger partial charge in [0.05, 0.1) is 11.2 Å². The molecule has 0 aromatic rings. The molecule has 0 aromatic heterocycles. The number of carboxylic acid groups (broad SMARTS) is 1. The molecule has 1 saturated carbocycles. The molecule has 0 aromatic carbocycles. The topological polar surface area (TPSA) is 76.1 Å². The van der Waals surface area contributed by atoms with Crippen LogP contribution in [0, 0.1) is 5.41 Å². The standard InChI is InChI=1S/C16H25NO5/c1-13(2,3)21-12(20)17-7-5-16(6-8-17)15(11(18)19)9-14(4,10-15)22-16/h5-10H2,1-4H3,(H,18,19). The fraction of sp³-hybridized carbons (Fsp3) is 0.875. The minimum atomic E-state index is -0.762. The van der Waals surface area contributed by atoms with E-state index in [9.17, 15) is 14.7 Å². The highest BCUT2D eigenvalue weighted by atomic mass is 16.6. The van der Waals surface area contributed by atoms with Crippen LogP contribution < -0.4 is 0 Å². The van der Waals surface area contributed by atoms with Gasteiger partial charge in [-0.05, 0) is 53.4 Å². The van der Waals surface area contributed by atoms with Crippen molar-refractivity contribution in [1.82, 2.24) is 4.90 Å². The van der Waals surface area contributed by atoms with E-state index in [2.05, 4.69) is 0 Å². The summed E-state index contributed by atoms with van der Waals surface area (Å²) in [6.45, 7) is 8.48. The molecular weight excluding hydrogens is 286 g/mol. The van der Waals surface area contributed by atoms with Gasteiger partial charge in [-0.1, -0.05) is 0 Å². The van der Waals surface area contributed by atoms with Gasteiger partial charge in [-0.3, -0.25) is 4.79 Å². The number of nitrogens with zero attached hydrogens (tertiary/aromatic N) is 1.